The third-order valence-corrected chi connectivity index (χ3v) is 9.93. The zero-order valence-electron chi connectivity index (χ0n) is 29.7. The van der Waals surface area contributed by atoms with Crippen molar-refractivity contribution in [3.05, 3.63) is 12.4 Å². The second-order valence-electron chi connectivity index (χ2n) is 14.1. The molecule has 42 heavy (non-hydrogen) atoms. The second-order valence-corrected chi connectivity index (χ2v) is 14.1. The van der Waals surface area contributed by atoms with Crippen molar-refractivity contribution in [3.63, 3.8) is 0 Å². The molecule has 1 unspecified atom stereocenters. The minimum absolute atomic E-state index is 0.619. The van der Waals surface area contributed by atoms with Crippen molar-refractivity contribution in [2.75, 3.05) is 13.6 Å². The summed E-state index contributed by atoms with van der Waals surface area (Å²) in [5.41, 5.74) is 0. The minimum Gasteiger partial charge on any atom is -0.359 e. The molecular formula is C40H80N2. The molecule has 0 radical (unpaired) electrons. The van der Waals surface area contributed by atoms with Gasteiger partial charge < -0.3 is 9.80 Å². The van der Waals surface area contributed by atoms with E-state index < -0.39 is 0 Å². The Morgan fingerprint density at radius 2 is 0.643 bits per heavy atom. The summed E-state index contributed by atoms with van der Waals surface area (Å²) >= 11 is 0. The molecule has 0 bridgehead atoms. The summed E-state index contributed by atoms with van der Waals surface area (Å²) in [6, 6.07) is 0. The van der Waals surface area contributed by atoms with Crippen molar-refractivity contribution in [3.8, 4) is 0 Å². The summed E-state index contributed by atoms with van der Waals surface area (Å²) < 4.78 is 0. The molecule has 0 amide bonds. The first-order chi connectivity index (χ1) is 20.8. The van der Waals surface area contributed by atoms with Crippen LogP contribution in [0, 0.1) is 0 Å². The van der Waals surface area contributed by atoms with Crippen molar-refractivity contribution in [2.45, 2.75) is 232 Å². The van der Waals surface area contributed by atoms with Crippen LogP contribution in [0.25, 0.3) is 0 Å². The average Bonchev–Trinajstić information content (AvgIpc) is 3.35. The quantitative estimate of drug-likeness (QED) is 0.0690. The highest BCUT2D eigenvalue weighted by molar-refractivity contribution is 4.95. The van der Waals surface area contributed by atoms with Gasteiger partial charge in [0.15, 0.2) is 0 Å². The van der Waals surface area contributed by atoms with Crippen LogP contribution in [-0.4, -0.2) is 29.6 Å². The zero-order valence-corrected chi connectivity index (χ0v) is 29.7. The fourth-order valence-corrected chi connectivity index (χ4v) is 6.93. The average molecular weight is 589 g/mol. The molecule has 1 aliphatic heterocycles. The lowest BCUT2D eigenvalue weighted by atomic mass is 10.0. The first-order valence-electron chi connectivity index (χ1n) is 20.0. The van der Waals surface area contributed by atoms with Gasteiger partial charge in [-0.1, -0.05) is 206 Å². The number of hydrogen-bond donors (Lipinski definition) is 0. The van der Waals surface area contributed by atoms with E-state index in [1.165, 1.54) is 218 Å². The molecule has 1 aliphatic rings. The predicted molar refractivity (Wildman–Crippen MR) is 191 cm³/mol. The maximum Gasteiger partial charge on any atom is 0.100 e. The van der Waals surface area contributed by atoms with Crippen molar-refractivity contribution in [1.82, 2.24) is 9.80 Å². The van der Waals surface area contributed by atoms with E-state index in [9.17, 15) is 0 Å². The van der Waals surface area contributed by atoms with Gasteiger partial charge in [-0.05, 0) is 19.3 Å². The van der Waals surface area contributed by atoms with E-state index in [4.69, 9.17) is 0 Å². The molecule has 0 aromatic rings. The highest BCUT2D eigenvalue weighted by atomic mass is 15.4. The van der Waals surface area contributed by atoms with E-state index in [0.29, 0.717) is 6.17 Å². The molecule has 250 valence electrons. The summed E-state index contributed by atoms with van der Waals surface area (Å²) in [4.78, 5) is 5.09. The Balaban J connectivity index is 1.84. The van der Waals surface area contributed by atoms with Crippen LogP contribution in [0.3, 0.4) is 0 Å². The third-order valence-electron chi connectivity index (χ3n) is 9.93. The van der Waals surface area contributed by atoms with Crippen molar-refractivity contribution in [2.24, 2.45) is 0 Å². The van der Waals surface area contributed by atoms with Gasteiger partial charge >= 0.3 is 0 Å². The molecule has 0 aromatic carbocycles. The monoisotopic (exact) mass is 589 g/mol. The van der Waals surface area contributed by atoms with Crippen LogP contribution < -0.4 is 0 Å². The maximum atomic E-state index is 2.63. The molecule has 0 aromatic heterocycles. The predicted octanol–water partition coefficient (Wildman–Crippen LogP) is 13.9. The summed E-state index contributed by atoms with van der Waals surface area (Å²) in [6.07, 6.45) is 53.1. The first kappa shape index (κ1) is 39.4. The van der Waals surface area contributed by atoms with Crippen molar-refractivity contribution in [1.29, 1.82) is 0 Å². The lowest BCUT2D eigenvalue weighted by molar-refractivity contribution is 0.159. The zero-order chi connectivity index (χ0) is 30.2. The third kappa shape index (κ3) is 24.7. The minimum atomic E-state index is 0.619. The smallest absolute Gasteiger partial charge is 0.100 e. The fourth-order valence-electron chi connectivity index (χ4n) is 6.93. The topological polar surface area (TPSA) is 6.48 Å². The molecule has 0 spiro atoms. The van der Waals surface area contributed by atoms with Crippen molar-refractivity contribution >= 4 is 0 Å². The van der Waals surface area contributed by atoms with Crippen LogP contribution in [0.5, 0.6) is 0 Å². The van der Waals surface area contributed by atoms with Gasteiger partial charge in [-0.3, -0.25) is 0 Å². The van der Waals surface area contributed by atoms with Crippen LogP contribution in [0.15, 0.2) is 12.4 Å². The van der Waals surface area contributed by atoms with Gasteiger partial charge in [-0.2, -0.15) is 0 Å². The van der Waals surface area contributed by atoms with Gasteiger partial charge in [0.2, 0.25) is 0 Å². The fraction of sp³-hybridized carbons (Fsp3) is 0.950. The van der Waals surface area contributed by atoms with Gasteiger partial charge in [-0.15, -0.1) is 0 Å². The Bertz CT molecular complexity index is 544. The van der Waals surface area contributed by atoms with Crippen LogP contribution in [0.4, 0.5) is 0 Å². The molecule has 1 rings (SSSR count). The van der Waals surface area contributed by atoms with E-state index in [-0.39, 0.29) is 0 Å². The Morgan fingerprint density at radius 1 is 0.357 bits per heavy atom. The lowest BCUT2D eigenvalue weighted by Crippen LogP contribution is -2.37. The standard InChI is InChI=1S/C40H80N2/c1-4-6-8-10-12-14-16-18-20-21-23-25-27-29-31-33-35-37-42-39-38-41(3)40(42)36-34-32-30-28-26-24-22-19-17-15-13-11-9-7-5-2/h38-40H,4-37H2,1-3H3. The van der Waals surface area contributed by atoms with E-state index >= 15 is 0 Å². The Hall–Kier alpha value is -0.660. The number of rotatable bonds is 34. The Morgan fingerprint density at radius 3 is 0.976 bits per heavy atom. The van der Waals surface area contributed by atoms with Gasteiger partial charge in [0.25, 0.3) is 0 Å². The molecule has 0 saturated heterocycles. The largest absolute Gasteiger partial charge is 0.359 e. The van der Waals surface area contributed by atoms with Crippen LogP contribution in [0.1, 0.15) is 226 Å². The summed E-state index contributed by atoms with van der Waals surface area (Å²) in [5.74, 6) is 0. The maximum absolute atomic E-state index is 2.63. The molecule has 1 heterocycles. The van der Waals surface area contributed by atoms with Crippen LogP contribution in [-0.2, 0) is 0 Å². The van der Waals surface area contributed by atoms with E-state index in [1.807, 2.05) is 0 Å². The number of unbranched alkanes of at least 4 members (excludes halogenated alkanes) is 30. The van der Waals surface area contributed by atoms with Gasteiger partial charge in [0.05, 0.1) is 0 Å². The highest BCUT2D eigenvalue weighted by Crippen LogP contribution is 2.22. The summed E-state index contributed by atoms with van der Waals surface area (Å²) in [7, 11) is 2.28. The van der Waals surface area contributed by atoms with Gasteiger partial charge in [0, 0.05) is 26.0 Å². The van der Waals surface area contributed by atoms with Gasteiger partial charge in [-0.25, -0.2) is 0 Å². The molecular weight excluding hydrogens is 508 g/mol. The molecule has 0 fully saturated rings. The number of hydrogen-bond acceptors (Lipinski definition) is 2. The molecule has 0 aliphatic carbocycles. The Labute approximate surface area is 267 Å². The molecule has 0 saturated carbocycles. The second kappa shape index (κ2) is 31.8. The molecule has 0 N–H and O–H groups in total. The van der Waals surface area contributed by atoms with Crippen LogP contribution >= 0.6 is 0 Å². The summed E-state index contributed by atoms with van der Waals surface area (Å²) in [6.45, 7) is 5.87. The van der Waals surface area contributed by atoms with E-state index in [0.717, 1.165) is 0 Å². The van der Waals surface area contributed by atoms with E-state index in [2.05, 4.69) is 43.1 Å². The molecule has 2 heteroatoms. The molecule has 1 atom stereocenters. The SMILES string of the molecule is CCCCCCCCCCCCCCCCCCCN1C=CN(C)C1CCCCCCCCCCCCCCCCC. The summed E-state index contributed by atoms with van der Waals surface area (Å²) in [5, 5.41) is 0. The highest BCUT2D eigenvalue weighted by Gasteiger charge is 2.22. The molecule has 2 nitrogen and oxygen atoms in total. The van der Waals surface area contributed by atoms with Crippen molar-refractivity contribution < 1.29 is 0 Å². The lowest BCUT2D eigenvalue weighted by Gasteiger charge is -2.30. The van der Waals surface area contributed by atoms with Crippen LogP contribution in [0.2, 0.25) is 0 Å². The number of nitrogens with zero attached hydrogens (tertiary/aromatic N) is 2. The normalized spacial score (nSPS) is 15.0. The van der Waals surface area contributed by atoms with E-state index in [1.54, 1.807) is 0 Å². The first-order valence-corrected chi connectivity index (χ1v) is 20.0. The Kier molecular flexibility index (Phi) is 29.8. The van der Waals surface area contributed by atoms with Gasteiger partial charge in [0.1, 0.15) is 6.17 Å².